The maximum absolute atomic E-state index is 11.0. The second-order valence-corrected chi connectivity index (χ2v) is 8.06. The summed E-state index contributed by atoms with van der Waals surface area (Å²) < 4.78 is 22.0. The minimum absolute atomic E-state index is 0.257. The van der Waals surface area contributed by atoms with E-state index in [1.54, 1.807) is 0 Å². The van der Waals surface area contributed by atoms with Crippen molar-refractivity contribution in [2.45, 2.75) is 43.4 Å². The van der Waals surface area contributed by atoms with Crippen molar-refractivity contribution in [2.24, 2.45) is 5.84 Å². The average molecular weight is 266 g/mol. The molecular formula is C10H22N2O2S2. The fourth-order valence-corrected chi connectivity index (χ4v) is 4.17. The molecule has 6 heteroatoms. The summed E-state index contributed by atoms with van der Waals surface area (Å²) in [5.41, 5.74) is 2.84. The number of rotatable bonds is 6. The Morgan fingerprint density at radius 2 is 2.25 bits per heavy atom. The van der Waals surface area contributed by atoms with E-state index in [2.05, 4.69) is 5.43 Å². The molecule has 0 aliphatic carbocycles. The van der Waals surface area contributed by atoms with Gasteiger partial charge in [-0.1, -0.05) is 6.42 Å². The molecule has 0 amide bonds. The topological polar surface area (TPSA) is 72.2 Å². The van der Waals surface area contributed by atoms with Crippen molar-refractivity contribution in [2.75, 3.05) is 17.8 Å². The van der Waals surface area contributed by atoms with E-state index < -0.39 is 9.84 Å². The van der Waals surface area contributed by atoms with Gasteiger partial charge in [0.25, 0.3) is 0 Å². The first-order valence-electron chi connectivity index (χ1n) is 5.78. The molecule has 2 atom stereocenters. The third kappa shape index (κ3) is 5.52. The van der Waals surface area contributed by atoms with Gasteiger partial charge in [-0.25, -0.2) is 8.42 Å². The van der Waals surface area contributed by atoms with E-state index in [0.717, 1.165) is 6.42 Å². The largest absolute Gasteiger partial charge is 0.271 e. The number of nitrogens with one attached hydrogen (secondary N) is 1. The van der Waals surface area contributed by atoms with Gasteiger partial charge in [-0.3, -0.25) is 11.3 Å². The third-order valence-electron chi connectivity index (χ3n) is 2.91. The van der Waals surface area contributed by atoms with Gasteiger partial charge in [0.1, 0.15) is 9.84 Å². The zero-order valence-electron chi connectivity index (χ0n) is 9.81. The quantitative estimate of drug-likeness (QED) is 0.553. The lowest BCUT2D eigenvalue weighted by molar-refractivity contribution is 0.445. The number of hydrogen-bond acceptors (Lipinski definition) is 5. The number of nitrogens with two attached hydrogens (primary N) is 1. The van der Waals surface area contributed by atoms with Crippen molar-refractivity contribution in [3.8, 4) is 0 Å². The number of hydrogen-bond donors (Lipinski definition) is 2. The molecule has 4 nitrogen and oxygen atoms in total. The molecule has 0 spiro atoms. The summed E-state index contributed by atoms with van der Waals surface area (Å²) in [5, 5.41) is 0.554. The van der Waals surface area contributed by atoms with Crippen LogP contribution in [0.2, 0.25) is 0 Å². The van der Waals surface area contributed by atoms with E-state index in [-0.39, 0.29) is 11.8 Å². The zero-order valence-corrected chi connectivity index (χ0v) is 11.4. The minimum Gasteiger partial charge on any atom is -0.271 e. The fraction of sp³-hybridized carbons (Fsp3) is 1.00. The summed E-state index contributed by atoms with van der Waals surface area (Å²) in [6.07, 6.45) is 6.58. The molecule has 0 saturated carbocycles. The van der Waals surface area contributed by atoms with Gasteiger partial charge in [0.05, 0.1) is 0 Å². The van der Waals surface area contributed by atoms with Crippen LogP contribution in [0.4, 0.5) is 0 Å². The monoisotopic (exact) mass is 266 g/mol. The second-order valence-electron chi connectivity index (χ2n) is 4.45. The molecule has 96 valence electrons. The van der Waals surface area contributed by atoms with Crippen LogP contribution >= 0.6 is 11.8 Å². The molecule has 2 unspecified atom stereocenters. The highest BCUT2D eigenvalue weighted by molar-refractivity contribution is 8.00. The Bertz CT molecular complexity index is 287. The van der Waals surface area contributed by atoms with Crippen LogP contribution < -0.4 is 11.3 Å². The van der Waals surface area contributed by atoms with Gasteiger partial charge in [0.2, 0.25) is 0 Å². The highest BCUT2D eigenvalue weighted by atomic mass is 32.2. The summed E-state index contributed by atoms with van der Waals surface area (Å²) in [7, 11) is -2.83. The van der Waals surface area contributed by atoms with Crippen LogP contribution in [0.1, 0.15) is 32.1 Å². The van der Waals surface area contributed by atoms with Crippen molar-refractivity contribution >= 4 is 21.6 Å². The van der Waals surface area contributed by atoms with Crippen LogP contribution in [0.25, 0.3) is 0 Å². The Morgan fingerprint density at radius 3 is 2.75 bits per heavy atom. The van der Waals surface area contributed by atoms with Crippen LogP contribution in [0.3, 0.4) is 0 Å². The summed E-state index contributed by atoms with van der Waals surface area (Å²) in [6.45, 7) is 0. The van der Waals surface area contributed by atoms with Crippen LogP contribution in [-0.2, 0) is 9.84 Å². The van der Waals surface area contributed by atoms with Crippen LogP contribution in [0, 0.1) is 0 Å². The van der Waals surface area contributed by atoms with Crippen molar-refractivity contribution < 1.29 is 8.42 Å². The molecule has 0 aromatic carbocycles. The number of thioether (sulfide) groups is 1. The summed E-state index contributed by atoms with van der Waals surface area (Å²) >= 11 is 1.96. The van der Waals surface area contributed by atoms with Crippen molar-refractivity contribution in [3.05, 3.63) is 0 Å². The molecule has 0 bridgehead atoms. The molecule has 1 rings (SSSR count). The van der Waals surface area contributed by atoms with Gasteiger partial charge in [0.15, 0.2) is 0 Å². The molecule has 0 radical (unpaired) electrons. The normalized spacial score (nSPS) is 24.2. The second kappa shape index (κ2) is 6.83. The number of sulfone groups is 1. The Hall–Kier alpha value is 0.220. The van der Waals surface area contributed by atoms with Gasteiger partial charge >= 0.3 is 0 Å². The van der Waals surface area contributed by atoms with E-state index >= 15 is 0 Å². The molecule has 1 aliphatic heterocycles. The minimum atomic E-state index is -2.83. The number of hydrazine groups is 1. The fourth-order valence-electron chi connectivity index (χ4n) is 2.02. The first-order chi connectivity index (χ1) is 7.53. The summed E-state index contributed by atoms with van der Waals surface area (Å²) in [5.74, 6) is 7.01. The lowest BCUT2D eigenvalue weighted by Crippen LogP contribution is -2.43. The Labute approximate surface area is 103 Å². The van der Waals surface area contributed by atoms with Gasteiger partial charge in [0, 0.05) is 23.3 Å². The predicted molar refractivity (Wildman–Crippen MR) is 70.2 cm³/mol. The maximum atomic E-state index is 11.0. The third-order valence-corrected chi connectivity index (χ3v) is 5.46. The first kappa shape index (κ1) is 14.3. The lowest BCUT2D eigenvalue weighted by Gasteiger charge is -2.29. The first-order valence-corrected chi connectivity index (χ1v) is 8.89. The summed E-state index contributed by atoms with van der Waals surface area (Å²) in [6, 6.07) is 0.257. The molecule has 1 heterocycles. The molecular weight excluding hydrogens is 244 g/mol. The van der Waals surface area contributed by atoms with Crippen LogP contribution in [-0.4, -0.2) is 37.5 Å². The van der Waals surface area contributed by atoms with Gasteiger partial charge < -0.3 is 0 Å². The van der Waals surface area contributed by atoms with E-state index in [1.807, 2.05) is 11.8 Å². The van der Waals surface area contributed by atoms with Gasteiger partial charge in [-0.15, -0.1) is 0 Å². The van der Waals surface area contributed by atoms with E-state index in [9.17, 15) is 8.42 Å². The maximum Gasteiger partial charge on any atom is 0.147 e. The van der Waals surface area contributed by atoms with Crippen LogP contribution in [0.5, 0.6) is 0 Å². The Balaban J connectivity index is 2.30. The van der Waals surface area contributed by atoms with E-state index in [1.165, 1.54) is 31.3 Å². The molecule has 1 fully saturated rings. The standard InChI is InChI=1S/C10H22N2O2S2/c1-16(13,14)8-4-5-9(12-11)10-6-2-3-7-15-10/h9-10,12H,2-8,11H2,1H3. The molecule has 16 heavy (non-hydrogen) atoms. The smallest absolute Gasteiger partial charge is 0.147 e. The van der Waals surface area contributed by atoms with E-state index in [4.69, 9.17) is 5.84 Å². The lowest BCUT2D eigenvalue weighted by atomic mass is 10.0. The summed E-state index contributed by atoms with van der Waals surface area (Å²) in [4.78, 5) is 0. The zero-order chi connectivity index (χ0) is 12.0. The Kier molecular flexibility index (Phi) is 6.10. The molecule has 3 N–H and O–H groups in total. The highest BCUT2D eigenvalue weighted by Gasteiger charge is 2.23. The molecule has 0 aromatic heterocycles. The van der Waals surface area contributed by atoms with Crippen molar-refractivity contribution in [1.29, 1.82) is 0 Å². The Morgan fingerprint density at radius 1 is 1.50 bits per heavy atom. The van der Waals surface area contributed by atoms with Gasteiger partial charge in [-0.2, -0.15) is 11.8 Å². The average Bonchev–Trinajstić information content (AvgIpc) is 2.24. The van der Waals surface area contributed by atoms with Crippen molar-refractivity contribution in [3.63, 3.8) is 0 Å². The molecule has 1 aliphatic rings. The highest BCUT2D eigenvalue weighted by Crippen LogP contribution is 2.28. The van der Waals surface area contributed by atoms with E-state index in [0.29, 0.717) is 11.7 Å². The molecule has 0 aromatic rings. The SMILES string of the molecule is CS(=O)(=O)CCCC(NN)C1CCCCS1. The van der Waals surface area contributed by atoms with Gasteiger partial charge in [-0.05, 0) is 31.4 Å². The van der Waals surface area contributed by atoms with Crippen LogP contribution in [0.15, 0.2) is 0 Å². The molecule has 1 saturated heterocycles. The van der Waals surface area contributed by atoms with Crippen molar-refractivity contribution in [1.82, 2.24) is 5.43 Å². The predicted octanol–water partition coefficient (Wildman–Crippen LogP) is 0.929.